The van der Waals surface area contributed by atoms with E-state index in [1.54, 1.807) is 17.1 Å². The molecule has 9 heteroatoms. The highest BCUT2D eigenvalue weighted by atomic mass is 35.5. The molecule has 164 valence electrons. The molecule has 1 unspecified atom stereocenters. The van der Waals surface area contributed by atoms with E-state index in [1.165, 1.54) is 0 Å². The predicted octanol–water partition coefficient (Wildman–Crippen LogP) is 5.09. The van der Waals surface area contributed by atoms with Crippen LogP contribution >= 0.6 is 11.6 Å². The van der Waals surface area contributed by atoms with Crippen molar-refractivity contribution in [1.82, 2.24) is 15.3 Å². The van der Waals surface area contributed by atoms with E-state index >= 15 is 0 Å². The highest BCUT2D eigenvalue weighted by Gasteiger charge is 2.32. The Hall–Kier alpha value is -3.52. The summed E-state index contributed by atoms with van der Waals surface area (Å²) in [7, 11) is 0. The van der Waals surface area contributed by atoms with E-state index in [-0.39, 0.29) is 12.5 Å². The van der Waals surface area contributed by atoms with Crippen LogP contribution in [-0.2, 0) is 6.18 Å². The van der Waals surface area contributed by atoms with Gasteiger partial charge in [-0.15, -0.1) is 0 Å². The van der Waals surface area contributed by atoms with Gasteiger partial charge in [-0.05, 0) is 35.4 Å². The van der Waals surface area contributed by atoms with Crippen molar-refractivity contribution >= 4 is 28.4 Å². The Morgan fingerprint density at radius 2 is 1.72 bits per heavy atom. The summed E-state index contributed by atoms with van der Waals surface area (Å²) in [6.07, 6.45) is -2.88. The second-order valence-corrected chi connectivity index (χ2v) is 7.59. The van der Waals surface area contributed by atoms with Gasteiger partial charge in [-0.2, -0.15) is 13.2 Å². The van der Waals surface area contributed by atoms with Crippen molar-refractivity contribution in [3.8, 4) is 0 Å². The molecule has 5 nitrogen and oxygen atoms in total. The molecule has 0 fully saturated rings. The number of carbonyl (C=O) groups excluding carboxylic acids is 1. The van der Waals surface area contributed by atoms with Crippen molar-refractivity contribution in [1.29, 1.82) is 0 Å². The number of nitrogens with one attached hydrogen (secondary N) is 3. The molecule has 0 saturated carbocycles. The highest BCUT2D eigenvalue weighted by Crippen LogP contribution is 2.34. The van der Waals surface area contributed by atoms with Crippen LogP contribution in [0.25, 0.3) is 10.9 Å². The van der Waals surface area contributed by atoms with Gasteiger partial charge in [0.25, 0.3) is 11.5 Å². The number of H-pyrrole nitrogens is 2. The maximum atomic E-state index is 12.8. The summed E-state index contributed by atoms with van der Waals surface area (Å²) < 4.78 is 38.3. The van der Waals surface area contributed by atoms with Crippen molar-refractivity contribution in [2.75, 3.05) is 6.54 Å². The molecular weight excluding hydrogens is 443 g/mol. The highest BCUT2D eigenvalue weighted by molar-refractivity contribution is 6.31. The molecule has 2 aromatic carbocycles. The lowest BCUT2D eigenvalue weighted by Crippen LogP contribution is -2.33. The molecule has 1 atom stereocenters. The largest absolute Gasteiger partial charge is 0.431 e. The normalized spacial score (nSPS) is 12.6. The topological polar surface area (TPSA) is 77.8 Å². The van der Waals surface area contributed by atoms with Crippen molar-refractivity contribution < 1.29 is 18.0 Å². The maximum absolute atomic E-state index is 12.8. The minimum absolute atomic E-state index is 0.0743. The summed E-state index contributed by atoms with van der Waals surface area (Å²) in [6.45, 7) is 0.0743. The molecule has 0 spiro atoms. The molecule has 4 aromatic rings. The number of alkyl halides is 3. The number of benzene rings is 2. The van der Waals surface area contributed by atoms with Crippen LogP contribution < -0.4 is 10.9 Å². The summed E-state index contributed by atoms with van der Waals surface area (Å²) in [5.74, 6) is -1.14. The average Bonchev–Trinajstić information content (AvgIpc) is 3.18. The van der Waals surface area contributed by atoms with Crippen LogP contribution in [0.2, 0.25) is 5.02 Å². The van der Waals surface area contributed by atoms with Crippen LogP contribution in [0.5, 0.6) is 0 Å². The third-order valence-electron chi connectivity index (χ3n) is 5.20. The van der Waals surface area contributed by atoms with Crippen molar-refractivity contribution in [3.05, 3.63) is 105 Å². The molecular formula is C23H17ClF3N3O2. The average molecular weight is 460 g/mol. The van der Waals surface area contributed by atoms with Crippen LogP contribution in [0.15, 0.2) is 71.7 Å². The Morgan fingerprint density at radius 3 is 2.44 bits per heavy atom. The Balaban J connectivity index is 1.65. The third kappa shape index (κ3) is 4.27. The number of pyridine rings is 1. The Bertz CT molecular complexity index is 1340. The smallest absolute Gasteiger partial charge is 0.361 e. The van der Waals surface area contributed by atoms with Crippen molar-refractivity contribution in [3.63, 3.8) is 0 Å². The zero-order valence-corrected chi connectivity index (χ0v) is 17.2. The Labute approximate surface area is 185 Å². The predicted molar refractivity (Wildman–Crippen MR) is 116 cm³/mol. The van der Waals surface area contributed by atoms with Gasteiger partial charge in [0, 0.05) is 34.6 Å². The van der Waals surface area contributed by atoms with E-state index in [9.17, 15) is 22.8 Å². The van der Waals surface area contributed by atoms with Crippen molar-refractivity contribution in [2.45, 2.75) is 12.1 Å². The Morgan fingerprint density at radius 1 is 1.00 bits per heavy atom. The van der Waals surface area contributed by atoms with Crippen LogP contribution in [0.1, 0.15) is 33.1 Å². The fraction of sp³-hybridized carbons (Fsp3) is 0.130. The minimum Gasteiger partial charge on any atom is -0.361 e. The van der Waals surface area contributed by atoms with Gasteiger partial charge in [-0.25, -0.2) is 0 Å². The number of rotatable bonds is 5. The van der Waals surface area contributed by atoms with Gasteiger partial charge in [-0.3, -0.25) is 9.59 Å². The number of para-hydroxylation sites is 1. The number of halogens is 4. The molecule has 4 rings (SSSR count). The first-order chi connectivity index (χ1) is 15.3. The molecule has 0 aliphatic rings. The van der Waals surface area contributed by atoms with Crippen LogP contribution in [-0.4, -0.2) is 22.4 Å². The minimum atomic E-state index is -4.71. The zero-order chi connectivity index (χ0) is 22.9. The fourth-order valence-electron chi connectivity index (χ4n) is 3.64. The molecule has 0 aliphatic heterocycles. The lowest BCUT2D eigenvalue weighted by Gasteiger charge is -2.19. The van der Waals surface area contributed by atoms with Crippen molar-refractivity contribution in [2.24, 2.45) is 0 Å². The lowest BCUT2D eigenvalue weighted by atomic mass is 9.90. The van der Waals surface area contributed by atoms with Gasteiger partial charge in [0.1, 0.15) is 11.3 Å². The number of hydrogen-bond donors (Lipinski definition) is 3. The van der Waals surface area contributed by atoms with E-state index in [1.807, 2.05) is 42.6 Å². The number of carbonyl (C=O) groups is 1. The van der Waals surface area contributed by atoms with E-state index in [0.29, 0.717) is 11.1 Å². The first kappa shape index (κ1) is 21.7. The van der Waals surface area contributed by atoms with E-state index < -0.39 is 28.9 Å². The summed E-state index contributed by atoms with van der Waals surface area (Å²) in [6, 6.07) is 16.4. The molecule has 1 amide bonds. The standard InChI is InChI=1S/C23H17ClF3N3O2/c24-18-7-3-1-5-13(18)16(17-11-28-19-8-4-2-6-14(17)19)12-29-21(31)15-9-10-20(23(25,26)27)30-22(15)32/h1-11,16,28H,12H2,(H,29,31)(H,30,32). The molecule has 0 radical (unpaired) electrons. The monoisotopic (exact) mass is 459 g/mol. The molecule has 0 bridgehead atoms. The zero-order valence-electron chi connectivity index (χ0n) is 16.5. The molecule has 0 saturated heterocycles. The fourth-order valence-corrected chi connectivity index (χ4v) is 3.90. The maximum Gasteiger partial charge on any atom is 0.431 e. The third-order valence-corrected chi connectivity index (χ3v) is 5.55. The number of aromatic nitrogens is 2. The molecule has 2 aromatic heterocycles. The van der Waals surface area contributed by atoms with Crippen LogP contribution in [0, 0.1) is 0 Å². The summed E-state index contributed by atoms with van der Waals surface area (Å²) in [5.41, 5.74) is -0.179. The molecule has 2 heterocycles. The lowest BCUT2D eigenvalue weighted by molar-refractivity contribution is -0.141. The van der Waals surface area contributed by atoms with Crippen LogP contribution in [0.4, 0.5) is 13.2 Å². The number of fused-ring (bicyclic) bond motifs is 1. The van der Waals surface area contributed by atoms with Gasteiger partial charge >= 0.3 is 6.18 Å². The number of hydrogen-bond acceptors (Lipinski definition) is 2. The molecule has 0 aliphatic carbocycles. The number of aromatic amines is 2. The SMILES string of the molecule is O=C(NCC(c1ccccc1Cl)c1c[nH]c2ccccc12)c1ccc(C(F)(F)F)[nH]c1=O. The Kier molecular flexibility index (Phi) is 5.80. The van der Waals surface area contributed by atoms with E-state index in [2.05, 4.69) is 10.3 Å². The first-order valence-corrected chi connectivity index (χ1v) is 10.0. The van der Waals surface area contributed by atoms with Gasteiger partial charge in [0.15, 0.2) is 0 Å². The summed E-state index contributed by atoms with van der Waals surface area (Å²) in [5, 5.41) is 4.11. The second kappa shape index (κ2) is 8.55. The molecule has 32 heavy (non-hydrogen) atoms. The van der Waals surface area contributed by atoms with Crippen LogP contribution in [0.3, 0.4) is 0 Å². The summed E-state index contributed by atoms with van der Waals surface area (Å²) in [4.78, 5) is 29.6. The number of amides is 1. The van der Waals surface area contributed by atoms with Gasteiger partial charge in [-0.1, -0.05) is 48.0 Å². The summed E-state index contributed by atoms with van der Waals surface area (Å²) >= 11 is 6.42. The van der Waals surface area contributed by atoms with Gasteiger partial charge in [0.2, 0.25) is 0 Å². The molecule has 3 N–H and O–H groups in total. The van der Waals surface area contributed by atoms with Gasteiger partial charge < -0.3 is 15.3 Å². The quantitative estimate of drug-likeness (QED) is 0.389. The first-order valence-electron chi connectivity index (χ1n) is 9.65. The van der Waals surface area contributed by atoms with Gasteiger partial charge in [0.05, 0.1) is 0 Å². The second-order valence-electron chi connectivity index (χ2n) is 7.19. The van der Waals surface area contributed by atoms with E-state index in [4.69, 9.17) is 11.6 Å². The van der Waals surface area contributed by atoms with E-state index in [0.717, 1.165) is 28.1 Å².